The van der Waals surface area contributed by atoms with E-state index in [0.717, 1.165) is 5.56 Å². The minimum Gasteiger partial charge on any atom is -0.469 e. The lowest BCUT2D eigenvalue weighted by atomic mass is 10.1. The van der Waals surface area contributed by atoms with Crippen LogP contribution in [0.3, 0.4) is 0 Å². The zero-order valence-corrected chi connectivity index (χ0v) is 12.5. The molecule has 1 amide bonds. The Balaban J connectivity index is 2.80. The minimum absolute atomic E-state index is 0.0934. The van der Waals surface area contributed by atoms with Crippen molar-refractivity contribution in [2.45, 2.75) is 19.9 Å². The summed E-state index contributed by atoms with van der Waals surface area (Å²) in [6.07, 6.45) is -0.398. The van der Waals surface area contributed by atoms with Gasteiger partial charge in [0, 0.05) is 19.3 Å². The molecule has 6 nitrogen and oxygen atoms in total. The van der Waals surface area contributed by atoms with Gasteiger partial charge in [0.05, 0.1) is 19.3 Å². The summed E-state index contributed by atoms with van der Waals surface area (Å²) >= 11 is 0. The maximum atomic E-state index is 11.7. The number of rotatable bonds is 5. The zero-order valence-electron chi connectivity index (χ0n) is 12.5. The number of methoxy groups -OCH3 is 1. The third-order valence-corrected chi connectivity index (χ3v) is 2.76. The van der Waals surface area contributed by atoms with Gasteiger partial charge in [-0.05, 0) is 24.1 Å². The van der Waals surface area contributed by atoms with E-state index in [1.165, 1.54) is 12.0 Å². The summed E-state index contributed by atoms with van der Waals surface area (Å²) in [5.41, 5.74) is 7.84. The van der Waals surface area contributed by atoms with E-state index in [9.17, 15) is 9.59 Å². The first-order chi connectivity index (χ1) is 9.83. The monoisotopic (exact) mass is 292 g/mol. The van der Waals surface area contributed by atoms with Crippen LogP contribution in [0.25, 0.3) is 0 Å². The molecule has 0 fully saturated rings. The summed E-state index contributed by atoms with van der Waals surface area (Å²) in [5.74, 6) is -0.0376. The van der Waals surface area contributed by atoms with Crippen LogP contribution in [0.5, 0.6) is 0 Å². The Kier molecular flexibility index (Phi) is 5.78. The van der Waals surface area contributed by atoms with E-state index >= 15 is 0 Å². The van der Waals surface area contributed by atoms with Gasteiger partial charge in [-0.3, -0.25) is 4.79 Å². The van der Waals surface area contributed by atoms with E-state index in [1.54, 1.807) is 32.2 Å². The Bertz CT molecular complexity index is 555. The molecule has 0 bridgehead atoms. The van der Waals surface area contributed by atoms with E-state index in [4.69, 9.17) is 10.5 Å². The molecule has 2 N–H and O–H groups in total. The normalized spacial score (nSPS) is 9.86. The second kappa shape index (κ2) is 7.33. The highest BCUT2D eigenvalue weighted by atomic mass is 16.6. The highest BCUT2D eigenvalue weighted by Gasteiger charge is 2.13. The molecule has 0 saturated carbocycles. The van der Waals surface area contributed by atoms with Crippen molar-refractivity contribution in [1.29, 1.82) is 0 Å². The first-order valence-corrected chi connectivity index (χ1v) is 6.36. The summed E-state index contributed by atoms with van der Waals surface area (Å²) in [6.45, 7) is 5.45. The number of nitrogens with zero attached hydrogens (tertiary/aromatic N) is 1. The number of anilines is 1. The van der Waals surface area contributed by atoms with Crippen LogP contribution in [0.2, 0.25) is 0 Å². The molecule has 114 valence electrons. The highest BCUT2D eigenvalue weighted by Crippen LogP contribution is 2.17. The number of benzene rings is 1. The number of ether oxygens (including phenoxy) is 2. The molecule has 0 spiro atoms. The van der Waals surface area contributed by atoms with Gasteiger partial charge in [-0.2, -0.15) is 0 Å². The van der Waals surface area contributed by atoms with Crippen molar-refractivity contribution in [3.8, 4) is 0 Å². The highest BCUT2D eigenvalue weighted by molar-refractivity contribution is 5.75. The number of esters is 1. The van der Waals surface area contributed by atoms with Crippen LogP contribution in [0.4, 0.5) is 10.5 Å². The fourth-order valence-electron chi connectivity index (χ4n) is 1.70. The molecule has 0 saturated heterocycles. The summed E-state index contributed by atoms with van der Waals surface area (Å²) in [5, 5.41) is 0. The quantitative estimate of drug-likeness (QED) is 0.510. The Morgan fingerprint density at radius 3 is 2.62 bits per heavy atom. The zero-order chi connectivity index (χ0) is 16.0. The lowest BCUT2D eigenvalue weighted by Gasteiger charge is -2.17. The van der Waals surface area contributed by atoms with E-state index in [0.29, 0.717) is 23.6 Å². The van der Waals surface area contributed by atoms with Crippen molar-refractivity contribution in [2.75, 3.05) is 19.9 Å². The standard InChI is InChI=1S/C15H20N2O4/c1-10(2)21-15(19)17(3)9-11-5-6-13(16)12(7-11)8-14(18)20-4/h5-7H,1,8-9,16H2,2-4H3. The molecule has 0 radical (unpaired) electrons. The number of nitrogens with two attached hydrogens (primary N) is 1. The molecule has 6 heteroatoms. The van der Waals surface area contributed by atoms with Crippen molar-refractivity contribution >= 4 is 17.7 Å². The second-order valence-electron chi connectivity index (χ2n) is 4.71. The maximum Gasteiger partial charge on any atom is 0.414 e. The molecule has 0 aliphatic carbocycles. The SMILES string of the molecule is C=C(C)OC(=O)N(C)Cc1ccc(N)c(CC(=O)OC)c1. The first kappa shape index (κ1) is 16.6. The average molecular weight is 292 g/mol. The minimum atomic E-state index is -0.492. The van der Waals surface area contributed by atoms with Gasteiger partial charge in [-0.1, -0.05) is 18.7 Å². The number of hydrogen-bond acceptors (Lipinski definition) is 5. The van der Waals surface area contributed by atoms with Crippen LogP contribution in [0, 0.1) is 0 Å². The van der Waals surface area contributed by atoms with E-state index in [-0.39, 0.29) is 12.4 Å². The second-order valence-corrected chi connectivity index (χ2v) is 4.71. The smallest absolute Gasteiger partial charge is 0.414 e. The molecular formula is C15H20N2O4. The number of nitrogen functional groups attached to an aromatic ring is 1. The van der Waals surface area contributed by atoms with Crippen molar-refractivity contribution < 1.29 is 19.1 Å². The van der Waals surface area contributed by atoms with Crippen molar-refractivity contribution in [3.05, 3.63) is 41.7 Å². The molecular weight excluding hydrogens is 272 g/mol. The summed E-state index contributed by atoms with van der Waals surface area (Å²) in [4.78, 5) is 24.4. The predicted molar refractivity (Wildman–Crippen MR) is 79.3 cm³/mol. The van der Waals surface area contributed by atoms with Gasteiger partial charge in [0.1, 0.15) is 0 Å². The van der Waals surface area contributed by atoms with Crippen LogP contribution >= 0.6 is 0 Å². The van der Waals surface area contributed by atoms with Gasteiger partial charge < -0.3 is 20.1 Å². The maximum absolute atomic E-state index is 11.7. The molecule has 1 aromatic rings. The molecule has 0 aliphatic rings. The molecule has 0 heterocycles. The Hall–Kier alpha value is -2.50. The van der Waals surface area contributed by atoms with Crippen LogP contribution in [0.1, 0.15) is 18.1 Å². The van der Waals surface area contributed by atoms with E-state index < -0.39 is 6.09 Å². The molecule has 0 aromatic heterocycles. The summed E-state index contributed by atoms with van der Waals surface area (Å²) in [6, 6.07) is 5.27. The van der Waals surface area contributed by atoms with Gasteiger partial charge in [0.15, 0.2) is 0 Å². The number of hydrogen-bond donors (Lipinski definition) is 1. The van der Waals surface area contributed by atoms with Gasteiger partial charge in [0.25, 0.3) is 0 Å². The van der Waals surface area contributed by atoms with Gasteiger partial charge in [-0.25, -0.2) is 4.79 Å². The van der Waals surface area contributed by atoms with Crippen LogP contribution < -0.4 is 5.73 Å². The third-order valence-electron chi connectivity index (χ3n) is 2.76. The van der Waals surface area contributed by atoms with E-state index in [2.05, 4.69) is 11.3 Å². The lowest BCUT2D eigenvalue weighted by molar-refractivity contribution is -0.139. The van der Waals surface area contributed by atoms with Crippen LogP contribution in [0.15, 0.2) is 30.5 Å². The number of carbonyl (C=O) groups is 2. The average Bonchev–Trinajstić information content (AvgIpc) is 2.41. The van der Waals surface area contributed by atoms with Crippen molar-refractivity contribution in [1.82, 2.24) is 4.90 Å². The van der Waals surface area contributed by atoms with Gasteiger partial charge >= 0.3 is 12.1 Å². The van der Waals surface area contributed by atoms with E-state index in [1.807, 2.05) is 0 Å². The Labute approximate surface area is 124 Å². The predicted octanol–water partition coefficient (Wildman–Crippen LogP) is 2.09. The first-order valence-electron chi connectivity index (χ1n) is 6.36. The number of allylic oxidation sites excluding steroid dienone is 1. The molecule has 0 unspecified atom stereocenters. The molecule has 1 rings (SSSR count). The summed E-state index contributed by atoms with van der Waals surface area (Å²) in [7, 11) is 2.94. The fourth-order valence-corrected chi connectivity index (χ4v) is 1.70. The van der Waals surface area contributed by atoms with Gasteiger partial charge in [0.2, 0.25) is 0 Å². The Morgan fingerprint density at radius 2 is 2.05 bits per heavy atom. The molecule has 0 aliphatic heterocycles. The number of amides is 1. The summed E-state index contributed by atoms with van der Waals surface area (Å²) < 4.78 is 9.54. The third kappa shape index (κ3) is 5.18. The largest absolute Gasteiger partial charge is 0.469 e. The lowest BCUT2D eigenvalue weighted by Crippen LogP contribution is -2.26. The van der Waals surface area contributed by atoms with Crippen LogP contribution in [-0.4, -0.2) is 31.1 Å². The topological polar surface area (TPSA) is 81.9 Å². The Morgan fingerprint density at radius 1 is 1.38 bits per heavy atom. The molecule has 0 atom stereocenters. The van der Waals surface area contributed by atoms with Gasteiger partial charge in [-0.15, -0.1) is 0 Å². The molecule has 21 heavy (non-hydrogen) atoms. The number of carbonyl (C=O) groups excluding carboxylic acids is 2. The molecule has 1 aromatic carbocycles. The fraction of sp³-hybridized carbons (Fsp3) is 0.333. The van der Waals surface area contributed by atoms with Crippen molar-refractivity contribution in [2.24, 2.45) is 0 Å². The van der Waals surface area contributed by atoms with Crippen LogP contribution in [-0.2, 0) is 27.2 Å². The van der Waals surface area contributed by atoms with Crippen molar-refractivity contribution in [3.63, 3.8) is 0 Å².